The summed E-state index contributed by atoms with van der Waals surface area (Å²) in [5.41, 5.74) is 1.20. The molecule has 0 amide bonds. The molecule has 8 nitrogen and oxygen atoms in total. The van der Waals surface area contributed by atoms with Crippen molar-refractivity contribution in [3.63, 3.8) is 0 Å². The van der Waals surface area contributed by atoms with Crippen LogP contribution in [0.3, 0.4) is 0 Å². The fraction of sp³-hybridized carbons (Fsp3) is 0.500. The van der Waals surface area contributed by atoms with Crippen LogP contribution in [0.15, 0.2) is 41.8 Å². The van der Waals surface area contributed by atoms with Gasteiger partial charge in [0, 0.05) is 16.6 Å². The van der Waals surface area contributed by atoms with E-state index in [0.29, 0.717) is 27.6 Å². The summed E-state index contributed by atoms with van der Waals surface area (Å²) >= 11 is 1.33. The molecule has 0 unspecified atom stereocenters. The molecule has 0 radical (unpaired) electrons. The van der Waals surface area contributed by atoms with E-state index in [9.17, 15) is 14.6 Å². The lowest BCUT2D eigenvalue weighted by atomic mass is 10.0. The van der Waals surface area contributed by atoms with Gasteiger partial charge >= 0.3 is 0 Å². The molecule has 2 aliphatic rings. The van der Waals surface area contributed by atoms with Gasteiger partial charge in [0.05, 0.1) is 30.7 Å². The van der Waals surface area contributed by atoms with Gasteiger partial charge < -0.3 is 20.3 Å². The molecule has 1 saturated carbocycles. The van der Waals surface area contributed by atoms with Gasteiger partial charge in [-0.25, -0.2) is 19.3 Å². The standard InChI is InChI=1S/C22H26FN5O3S/c1-12-19(30)16(9-32-17-8-3-2-5-13(17)23)31-22(12)28-11-26-18-20(24-10-25-21(18)28)27-14-6-4-7-15(14)29/h2-3,5,8,10-12,14-16,19,22,29-30H,4,6-7,9H2,1H3,(H,24,25,27)/t12-,14-,15-,16-,19+,22-/m1/s1. The van der Waals surface area contributed by atoms with Crippen LogP contribution >= 0.6 is 11.8 Å². The minimum absolute atomic E-state index is 0.0542. The first-order valence-electron chi connectivity index (χ1n) is 10.9. The first-order valence-corrected chi connectivity index (χ1v) is 11.8. The zero-order valence-corrected chi connectivity index (χ0v) is 18.5. The number of nitrogens with zero attached hydrogens (tertiary/aromatic N) is 4. The van der Waals surface area contributed by atoms with Gasteiger partial charge in [0.1, 0.15) is 18.4 Å². The monoisotopic (exact) mass is 459 g/mol. The largest absolute Gasteiger partial charge is 0.391 e. The van der Waals surface area contributed by atoms with E-state index in [1.165, 1.54) is 24.2 Å². The number of nitrogens with one attached hydrogen (secondary N) is 1. The molecule has 2 fully saturated rings. The smallest absolute Gasteiger partial charge is 0.167 e. The summed E-state index contributed by atoms with van der Waals surface area (Å²) in [4.78, 5) is 13.8. The Labute approximate surface area is 189 Å². The Kier molecular flexibility index (Phi) is 6.02. The van der Waals surface area contributed by atoms with Crippen molar-refractivity contribution in [2.45, 2.75) is 61.7 Å². The van der Waals surface area contributed by atoms with Crippen molar-refractivity contribution in [3.05, 3.63) is 42.7 Å². The molecule has 6 atom stereocenters. The van der Waals surface area contributed by atoms with Gasteiger partial charge in [-0.05, 0) is 31.4 Å². The lowest BCUT2D eigenvalue weighted by Gasteiger charge is -2.18. The Bertz CT molecular complexity index is 1100. The number of imidazole rings is 1. The third-order valence-electron chi connectivity index (χ3n) is 6.36. The lowest BCUT2D eigenvalue weighted by molar-refractivity contribution is -0.00753. The van der Waals surface area contributed by atoms with Crippen LogP contribution in [0.1, 0.15) is 32.4 Å². The van der Waals surface area contributed by atoms with Crippen LogP contribution in [-0.4, -0.2) is 59.8 Å². The first kappa shape index (κ1) is 21.6. The molecule has 3 N–H and O–H groups in total. The molecule has 10 heteroatoms. The number of ether oxygens (including phenoxy) is 1. The summed E-state index contributed by atoms with van der Waals surface area (Å²) < 4.78 is 22.0. The summed E-state index contributed by atoms with van der Waals surface area (Å²) in [6.45, 7) is 1.92. The van der Waals surface area contributed by atoms with Crippen LogP contribution in [0, 0.1) is 11.7 Å². The minimum Gasteiger partial charge on any atom is -0.391 e. The number of halogens is 1. The van der Waals surface area contributed by atoms with Crippen LogP contribution < -0.4 is 5.32 Å². The van der Waals surface area contributed by atoms with Crippen molar-refractivity contribution < 1.29 is 19.3 Å². The maximum atomic E-state index is 13.9. The predicted molar refractivity (Wildman–Crippen MR) is 119 cm³/mol. The Morgan fingerprint density at radius 3 is 2.84 bits per heavy atom. The number of aliphatic hydroxyl groups excluding tert-OH is 2. The number of hydrogen-bond donors (Lipinski definition) is 3. The first-order chi connectivity index (χ1) is 15.5. The van der Waals surface area contributed by atoms with Gasteiger partial charge in [0.15, 0.2) is 17.0 Å². The molecular weight excluding hydrogens is 433 g/mol. The van der Waals surface area contributed by atoms with Crippen molar-refractivity contribution >= 4 is 28.7 Å². The molecule has 170 valence electrons. The average molecular weight is 460 g/mol. The van der Waals surface area contributed by atoms with Crippen molar-refractivity contribution in [1.82, 2.24) is 19.5 Å². The number of fused-ring (bicyclic) bond motifs is 1. The quantitative estimate of drug-likeness (QED) is 0.483. The van der Waals surface area contributed by atoms with Gasteiger partial charge in [-0.1, -0.05) is 19.1 Å². The van der Waals surface area contributed by atoms with Crippen LogP contribution in [0.25, 0.3) is 11.2 Å². The highest BCUT2D eigenvalue weighted by molar-refractivity contribution is 7.99. The number of rotatable bonds is 6. The fourth-order valence-electron chi connectivity index (χ4n) is 4.51. The van der Waals surface area contributed by atoms with Gasteiger partial charge in [-0.3, -0.25) is 4.57 Å². The molecule has 1 saturated heterocycles. The van der Waals surface area contributed by atoms with Crippen molar-refractivity contribution in [2.75, 3.05) is 11.1 Å². The van der Waals surface area contributed by atoms with Crippen LogP contribution in [0.4, 0.5) is 10.2 Å². The number of thioether (sulfide) groups is 1. The van der Waals surface area contributed by atoms with E-state index in [-0.39, 0.29) is 17.8 Å². The highest BCUT2D eigenvalue weighted by atomic mass is 32.2. The van der Waals surface area contributed by atoms with E-state index in [1.807, 2.05) is 11.5 Å². The zero-order chi connectivity index (χ0) is 22.2. The van der Waals surface area contributed by atoms with E-state index in [2.05, 4.69) is 20.3 Å². The van der Waals surface area contributed by atoms with Crippen LogP contribution in [0.5, 0.6) is 0 Å². The minimum atomic E-state index is -0.704. The van der Waals surface area contributed by atoms with Gasteiger partial charge in [-0.2, -0.15) is 0 Å². The number of aromatic nitrogens is 4. The number of hydrogen-bond acceptors (Lipinski definition) is 8. The SMILES string of the molecule is C[C@@H]1[C@H](O)[C@@H](CSc2ccccc2F)O[C@H]1n1cnc2c(N[C@@H]3CCC[C@H]3O)ncnc21. The maximum absolute atomic E-state index is 13.9. The molecule has 32 heavy (non-hydrogen) atoms. The normalized spacial score (nSPS) is 30.2. The Hall–Kier alpha value is -2.27. The summed E-state index contributed by atoms with van der Waals surface area (Å²) in [7, 11) is 0. The van der Waals surface area contributed by atoms with E-state index in [4.69, 9.17) is 4.74 Å². The second-order valence-corrected chi connectivity index (χ2v) is 9.51. The molecule has 0 spiro atoms. The summed E-state index contributed by atoms with van der Waals surface area (Å²) in [6.07, 6.45) is 3.72. The molecule has 5 rings (SSSR count). The summed E-state index contributed by atoms with van der Waals surface area (Å²) in [6, 6.07) is 6.53. The molecule has 3 aromatic rings. The van der Waals surface area contributed by atoms with Gasteiger partial charge in [0.2, 0.25) is 0 Å². The van der Waals surface area contributed by atoms with Gasteiger partial charge in [0.25, 0.3) is 0 Å². The van der Waals surface area contributed by atoms with Crippen LogP contribution in [-0.2, 0) is 4.74 Å². The van der Waals surface area contributed by atoms with Crippen molar-refractivity contribution in [3.8, 4) is 0 Å². The Morgan fingerprint density at radius 1 is 1.22 bits per heavy atom. The molecule has 0 bridgehead atoms. The van der Waals surface area contributed by atoms with E-state index in [1.54, 1.807) is 24.5 Å². The molecular formula is C22H26FN5O3S. The average Bonchev–Trinajstić information content (AvgIpc) is 3.47. The highest BCUT2D eigenvalue weighted by Crippen LogP contribution is 2.39. The third-order valence-corrected chi connectivity index (χ3v) is 7.50. The highest BCUT2D eigenvalue weighted by Gasteiger charge is 2.42. The second kappa shape index (κ2) is 8.93. The van der Waals surface area contributed by atoms with E-state index in [0.717, 1.165) is 19.3 Å². The molecule has 3 heterocycles. The van der Waals surface area contributed by atoms with Gasteiger partial charge in [-0.15, -0.1) is 11.8 Å². The number of aliphatic hydroxyl groups is 2. The van der Waals surface area contributed by atoms with Crippen molar-refractivity contribution in [1.29, 1.82) is 0 Å². The van der Waals surface area contributed by atoms with E-state index < -0.39 is 24.5 Å². The fourth-order valence-corrected chi connectivity index (χ4v) is 5.51. The molecule has 1 aromatic carbocycles. The lowest BCUT2D eigenvalue weighted by Crippen LogP contribution is -2.28. The summed E-state index contributed by atoms with van der Waals surface area (Å²) in [5.74, 6) is 0.523. The van der Waals surface area contributed by atoms with Crippen molar-refractivity contribution in [2.24, 2.45) is 5.92 Å². The maximum Gasteiger partial charge on any atom is 0.167 e. The van der Waals surface area contributed by atoms with E-state index >= 15 is 0 Å². The van der Waals surface area contributed by atoms with Crippen LogP contribution in [0.2, 0.25) is 0 Å². The summed E-state index contributed by atoms with van der Waals surface area (Å²) in [5, 5.41) is 24.2. The number of anilines is 1. The molecule has 1 aliphatic heterocycles. The third kappa shape index (κ3) is 3.96. The molecule has 1 aliphatic carbocycles. The Morgan fingerprint density at radius 2 is 2.06 bits per heavy atom. The number of benzene rings is 1. The predicted octanol–water partition coefficient (Wildman–Crippen LogP) is 2.98. The topological polar surface area (TPSA) is 105 Å². The zero-order valence-electron chi connectivity index (χ0n) is 17.6. The Balaban J connectivity index is 1.34. The molecule has 2 aromatic heterocycles. The second-order valence-electron chi connectivity index (χ2n) is 8.45.